The van der Waals surface area contributed by atoms with Crippen LogP contribution in [0.1, 0.15) is 12.4 Å². The first-order chi connectivity index (χ1) is 8.18. The topological polar surface area (TPSA) is 57.4 Å². The molecule has 0 aliphatic carbocycles. The van der Waals surface area contributed by atoms with Gasteiger partial charge in [0, 0.05) is 28.5 Å². The molecule has 0 spiro atoms. The minimum absolute atomic E-state index is 0.0419. The van der Waals surface area contributed by atoms with Gasteiger partial charge in [-0.25, -0.2) is 4.98 Å². The van der Waals surface area contributed by atoms with Gasteiger partial charge in [-0.15, -0.1) is 0 Å². The normalized spacial score (nSPS) is 17.8. The molecule has 0 aromatic carbocycles. The number of pyridine rings is 1. The maximum Gasteiger partial charge on any atom is 0.213 e. The molecule has 0 fully saturated rings. The first-order valence-electron chi connectivity index (χ1n) is 6.21. The first-order valence-corrected chi connectivity index (χ1v) is 3.71. The summed E-state index contributed by atoms with van der Waals surface area (Å²) in [5, 5.41) is 0. The van der Waals surface area contributed by atoms with Crippen LogP contribution in [0.15, 0.2) is 18.3 Å². The van der Waals surface area contributed by atoms with Gasteiger partial charge in [0.05, 0.1) is 10.7 Å². The molecule has 0 unspecified atom stereocenters. The van der Waals surface area contributed by atoms with Crippen molar-refractivity contribution in [3.8, 4) is 5.88 Å². The van der Waals surface area contributed by atoms with E-state index in [9.17, 15) is 0 Å². The first kappa shape index (κ1) is 4.93. The molecular formula is C9H14N2O2. The van der Waals surface area contributed by atoms with E-state index in [1.165, 1.54) is 18.3 Å². The third-order valence-corrected chi connectivity index (χ3v) is 1.34. The SMILES string of the molecule is [2H]C([2H])([2H])OCCOc1ccc(C([2H])([2H])N)cn1. The molecule has 1 rings (SSSR count). The van der Waals surface area contributed by atoms with Crippen molar-refractivity contribution in [1.29, 1.82) is 0 Å². The van der Waals surface area contributed by atoms with E-state index < -0.39 is 13.5 Å². The monoisotopic (exact) mass is 187 g/mol. The molecule has 0 saturated carbocycles. The number of aromatic nitrogens is 1. The van der Waals surface area contributed by atoms with E-state index in [4.69, 9.17) is 17.3 Å². The minimum Gasteiger partial charge on any atom is -0.475 e. The second-order valence-corrected chi connectivity index (χ2v) is 2.23. The highest BCUT2D eigenvalue weighted by molar-refractivity contribution is 5.17. The number of hydrogen-bond acceptors (Lipinski definition) is 4. The summed E-state index contributed by atoms with van der Waals surface area (Å²) in [6.07, 6.45) is 1.26. The molecule has 2 N–H and O–H groups in total. The maximum atomic E-state index is 7.26. The van der Waals surface area contributed by atoms with Crippen molar-refractivity contribution in [3.05, 3.63) is 23.9 Å². The molecule has 0 aliphatic rings. The van der Waals surface area contributed by atoms with Crippen LogP contribution in [0.2, 0.25) is 0 Å². The number of nitrogens with two attached hydrogens (primary N) is 1. The van der Waals surface area contributed by atoms with Gasteiger partial charge < -0.3 is 15.2 Å². The van der Waals surface area contributed by atoms with Crippen LogP contribution in [0.5, 0.6) is 5.88 Å². The highest BCUT2D eigenvalue weighted by Gasteiger charge is 1.94. The number of methoxy groups -OCH3 is 1. The molecule has 0 saturated heterocycles. The maximum absolute atomic E-state index is 7.26. The van der Waals surface area contributed by atoms with Gasteiger partial charge in [-0.1, -0.05) is 6.07 Å². The molecule has 0 bridgehead atoms. The standard InChI is InChI=1S/C9H14N2O2/c1-12-4-5-13-9-3-2-8(6-10)7-11-9/h2-3,7H,4-6,10H2,1H3/i1D3,6D2. The van der Waals surface area contributed by atoms with E-state index in [2.05, 4.69) is 9.72 Å². The second-order valence-electron chi connectivity index (χ2n) is 2.23. The zero-order chi connectivity index (χ0) is 13.8. The molecule has 72 valence electrons. The van der Waals surface area contributed by atoms with Crippen molar-refractivity contribution in [2.24, 2.45) is 5.73 Å². The average molecular weight is 187 g/mol. The van der Waals surface area contributed by atoms with Gasteiger partial charge in [-0.05, 0) is 5.56 Å². The molecule has 0 aliphatic heterocycles. The van der Waals surface area contributed by atoms with Gasteiger partial charge in [0.2, 0.25) is 5.88 Å². The smallest absolute Gasteiger partial charge is 0.213 e. The van der Waals surface area contributed by atoms with E-state index >= 15 is 0 Å². The Kier molecular flexibility index (Phi) is 2.09. The molecule has 0 radical (unpaired) electrons. The van der Waals surface area contributed by atoms with Gasteiger partial charge in [0.15, 0.2) is 0 Å². The zero-order valence-electron chi connectivity index (χ0n) is 12.0. The summed E-state index contributed by atoms with van der Waals surface area (Å²) >= 11 is 0. The fourth-order valence-corrected chi connectivity index (χ4v) is 0.739. The second kappa shape index (κ2) is 5.50. The third-order valence-electron chi connectivity index (χ3n) is 1.34. The quantitative estimate of drug-likeness (QED) is 0.684. The van der Waals surface area contributed by atoms with Crippen molar-refractivity contribution in [1.82, 2.24) is 4.98 Å². The van der Waals surface area contributed by atoms with Crippen LogP contribution >= 0.6 is 0 Å². The number of rotatable bonds is 5. The number of hydrogen-bond donors (Lipinski definition) is 1. The molecule has 4 heteroatoms. The summed E-state index contributed by atoms with van der Waals surface area (Å²) in [4.78, 5) is 3.84. The molecule has 13 heavy (non-hydrogen) atoms. The fraction of sp³-hybridized carbons (Fsp3) is 0.444. The van der Waals surface area contributed by atoms with Crippen molar-refractivity contribution < 1.29 is 16.3 Å². The number of nitrogens with zero attached hydrogens (tertiary/aromatic N) is 1. The Morgan fingerprint density at radius 2 is 2.54 bits per heavy atom. The third kappa shape index (κ3) is 3.40. The average Bonchev–Trinajstić information content (AvgIpc) is 2.22. The highest BCUT2D eigenvalue weighted by atomic mass is 16.5. The van der Waals surface area contributed by atoms with Crippen molar-refractivity contribution in [2.75, 3.05) is 20.3 Å². The van der Waals surface area contributed by atoms with Crippen molar-refractivity contribution in [3.63, 3.8) is 0 Å². The predicted molar refractivity (Wildman–Crippen MR) is 49.5 cm³/mol. The predicted octanol–water partition coefficient (Wildman–Crippen LogP) is 0.566. The molecule has 4 nitrogen and oxygen atoms in total. The Hall–Kier alpha value is -1.13. The van der Waals surface area contributed by atoms with E-state index in [1.54, 1.807) is 0 Å². The summed E-state index contributed by atoms with van der Waals surface area (Å²) in [5.74, 6) is 0.247. The lowest BCUT2D eigenvalue weighted by Gasteiger charge is -2.04. The van der Waals surface area contributed by atoms with Crippen LogP contribution in [0.25, 0.3) is 0 Å². The Labute approximate surface area is 84.7 Å². The van der Waals surface area contributed by atoms with E-state index in [0.717, 1.165) is 0 Å². The van der Waals surface area contributed by atoms with Crippen LogP contribution in [0, 0.1) is 0 Å². The van der Waals surface area contributed by atoms with Gasteiger partial charge in [0.1, 0.15) is 6.61 Å². The van der Waals surface area contributed by atoms with Gasteiger partial charge in [-0.3, -0.25) is 0 Å². The lowest BCUT2D eigenvalue weighted by Crippen LogP contribution is -2.05. The fourth-order valence-electron chi connectivity index (χ4n) is 0.739. The lowest BCUT2D eigenvalue weighted by molar-refractivity contribution is 0.143. The highest BCUT2D eigenvalue weighted by Crippen LogP contribution is 2.06. The molecule has 1 heterocycles. The van der Waals surface area contributed by atoms with Crippen LogP contribution in [-0.4, -0.2) is 25.2 Å². The lowest BCUT2D eigenvalue weighted by atomic mass is 10.3. The van der Waals surface area contributed by atoms with Crippen molar-refractivity contribution >= 4 is 0 Å². The summed E-state index contributed by atoms with van der Waals surface area (Å²) in [5.41, 5.74) is 5.48. The Morgan fingerprint density at radius 1 is 1.62 bits per heavy atom. The van der Waals surface area contributed by atoms with Crippen molar-refractivity contribution in [2.45, 2.75) is 6.50 Å². The van der Waals surface area contributed by atoms with Gasteiger partial charge in [-0.2, -0.15) is 0 Å². The van der Waals surface area contributed by atoms with E-state index in [1.807, 2.05) is 0 Å². The van der Waals surface area contributed by atoms with E-state index in [-0.39, 0.29) is 24.7 Å². The van der Waals surface area contributed by atoms with Gasteiger partial charge in [0.25, 0.3) is 0 Å². The largest absolute Gasteiger partial charge is 0.475 e. The summed E-state index contributed by atoms with van der Waals surface area (Å²) in [6.45, 7) is -1.99. The minimum atomic E-state index is -2.43. The Morgan fingerprint density at radius 3 is 3.15 bits per heavy atom. The van der Waals surface area contributed by atoms with Gasteiger partial charge >= 0.3 is 0 Å². The van der Waals surface area contributed by atoms with Crippen LogP contribution < -0.4 is 10.5 Å². The van der Waals surface area contributed by atoms with Crippen LogP contribution in [-0.2, 0) is 11.2 Å². The summed E-state index contributed by atoms with van der Waals surface area (Å²) in [7, 11) is -2.43. The number of ether oxygens (including phenoxy) is 2. The molecular weight excluding hydrogens is 168 g/mol. The molecule has 1 aromatic heterocycles. The summed E-state index contributed by atoms with van der Waals surface area (Å²) < 4.78 is 44.5. The zero-order valence-corrected chi connectivity index (χ0v) is 6.99. The van der Waals surface area contributed by atoms with Crippen LogP contribution in [0.4, 0.5) is 0 Å². The van der Waals surface area contributed by atoms with Crippen LogP contribution in [0.3, 0.4) is 0 Å². The molecule has 1 aromatic rings. The Bertz CT molecular complexity index is 374. The van der Waals surface area contributed by atoms with E-state index in [0.29, 0.717) is 0 Å². The molecule has 0 atom stereocenters. The Balaban J connectivity index is 2.41. The molecule has 0 amide bonds. The summed E-state index contributed by atoms with van der Waals surface area (Å²) in [6, 6.07) is 2.91.